The van der Waals surface area contributed by atoms with Crippen LogP contribution in [0.25, 0.3) is 53.8 Å². The van der Waals surface area contributed by atoms with Crippen molar-refractivity contribution in [2.45, 2.75) is 50.5 Å². The van der Waals surface area contributed by atoms with Gasteiger partial charge < -0.3 is 4.90 Å². The average Bonchev–Trinajstić information content (AvgIpc) is 3.60. The number of aromatic nitrogens is 3. The molecule has 47 heavy (non-hydrogen) atoms. The molecule has 1 aliphatic carbocycles. The van der Waals surface area contributed by atoms with E-state index in [1.54, 1.807) is 6.33 Å². The Morgan fingerprint density at radius 2 is 1.60 bits per heavy atom. The van der Waals surface area contributed by atoms with E-state index >= 15 is 0 Å². The maximum Gasteiger partial charge on any atom is 0.565 e. The summed E-state index contributed by atoms with van der Waals surface area (Å²) in [6, 6.07) is 34.7. The summed E-state index contributed by atoms with van der Waals surface area (Å²) in [6.45, 7) is 5.17. The third-order valence-corrected chi connectivity index (χ3v) is 13.4. The molecule has 3 aliphatic heterocycles. The van der Waals surface area contributed by atoms with Crippen LogP contribution in [0, 0.1) is 0 Å². The maximum absolute atomic E-state index is 4.44. The standard InChI is InChI=1S/C41H32BN4S/c1-40-17-5-6-18-41(40,2)45-34-21-28(29-22-43-24-44-23-29)20-31-30-11-7-14-35-37(30)46(42(36(31)34)33-13-8-12-32(40)38(33)45)39(47-35)27-16-15-25-9-3-4-10-26(25)19-27/h3-4,7-16,19-24H,5-6,17-18H2,1-2H3/q+1. The van der Waals surface area contributed by atoms with Crippen molar-refractivity contribution in [3.8, 4) is 32.8 Å². The number of benzene rings is 5. The Bertz CT molecular complexity index is 2490. The van der Waals surface area contributed by atoms with Gasteiger partial charge in [-0.2, -0.15) is 0 Å². The van der Waals surface area contributed by atoms with Gasteiger partial charge in [0, 0.05) is 45.7 Å². The molecular formula is C41H32BN4S+. The molecule has 2 atom stereocenters. The Balaban J connectivity index is 1.29. The van der Waals surface area contributed by atoms with E-state index < -0.39 is 0 Å². The molecule has 4 aliphatic rings. The number of rotatable bonds is 2. The topological polar surface area (TPSA) is 32.9 Å². The number of anilines is 2. The van der Waals surface area contributed by atoms with Crippen LogP contribution < -0.4 is 20.3 Å². The van der Waals surface area contributed by atoms with Gasteiger partial charge in [0.15, 0.2) is 0 Å². The highest BCUT2D eigenvalue weighted by Crippen LogP contribution is 2.61. The zero-order chi connectivity index (χ0) is 31.1. The molecule has 224 valence electrons. The molecule has 5 aromatic carbocycles. The predicted molar refractivity (Wildman–Crippen MR) is 195 cm³/mol. The van der Waals surface area contributed by atoms with Gasteiger partial charge in [-0.3, -0.25) is 4.48 Å². The predicted octanol–water partition coefficient (Wildman–Crippen LogP) is 8.16. The van der Waals surface area contributed by atoms with Gasteiger partial charge in [0.2, 0.25) is 10.5 Å². The summed E-state index contributed by atoms with van der Waals surface area (Å²) in [5.74, 6) is 0. The second-order valence-electron chi connectivity index (χ2n) is 14.4. The first-order valence-electron chi connectivity index (χ1n) is 16.9. The lowest BCUT2D eigenvalue weighted by molar-refractivity contribution is -0.485. The highest BCUT2D eigenvalue weighted by Gasteiger charge is 2.63. The SMILES string of the molecule is CC12CCCCC1(C)N1c3cc(-c4cncnc4)cc4c3B(c3cccc2c31)[n+]1c(-c2ccc3ccccc3c2)sc2cccc-4c21. The van der Waals surface area contributed by atoms with Crippen LogP contribution in [0.1, 0.15) is 45.1 Å². The van der Waals surface area contributed by atoms with Crippen LogP contribution in [0.3, 0.4) is 0 Å². The Morgan fingerprint density at radius 3 is 2.49 bits per heavy atom. The summed E-state index contributed by atoms with van der Waals surface area (Å²) in [5, 5.41) is 3.88. The minimum atomic E-state index is -0.0129. The van der Waals surface area contributed by atoms with Crippen LogP contribution in [0.15, 0.2) is 110 Å². The fourth-order valence-corrected chi connectivity index (χ4v) is 11.0. The van der Waals surface area contributed by atoms with Gasteiger partial charge in [0.1, 0.15) is 11.0 Å². The van der Waals surface area contributed by atoms with E-state index in [4.69, 9.17) is 0 Å². The third-order valence-electron chi connectivity index (χ3n) is 12.2. The molecule has 1 saturated carbocycles. The number of thiazole rings is 1. The van der Waals surface area contributed by atoms with Gasteiger partial charge in [0.05, 0.1) is 16.7 Å². The largest absolute Gasteiger partial charge is 0.565 e. The normalized spacial score (nSPS) is 21.6. The molecule has 4 nitrogen and oxygen atoms in total. The Morgan fingerprint density at radius 1 is 0.766 bits per heavy atom. The van der Waals surface area contributed by atoms with E-state index in [0.717, 1.165) is 5.56 Å². The summed E-state index contributed by atoms with van der Waals surface area (Å²) in [6.07, 6.45) is 10.5. The number of fused-ring (bicyclic) bond motifs is 8. The molecule has 0 radical (unpaired) electrons. The molecule has 2 unspecified atom stereocenters. The summed E-state index contributed by atoms with van der Waals surface area (Å²) >= 11 is 1.93. The number of para-hydroxylation sites is 2. The molecule has 1 fully saturated rings. The van der Waals surface area contributed by atoms with E-state index in [1.165, 1.54) is 102 Å². The Kier molecular flexibility index (Phi) is 5.01. The molecule has 7 aromatic rings. The first-order chi connectivity index (χ1) is 23.0. The first-order valence-corrected chi connectivity index (χ1v) is 17.7. The number of nitrogens with zero attached hydrogens (tertiary/aromatic N) is 4. The van der Waals surface area contributed by atoms with Crippen LogP contribution >= 0.6 is 11.3 Å². The molecule has 6 heteroatoms. The van der Waals surface area contributed by atoms with Gasteiger partial charge in [0.25, 0.3) is 0 Å². The lowest BCUT2D eigenvalue weighted by Crippen LogP contribution is -2.71. The zero-order valence-electron chi connectivity index (χ0n) is 26.5. The van der Waals surface area contributed by atoms with E-state index in [9.17, 15) is 0 Å². The van der Waals surface area contributed by atoms with Gasteiger partial charge in [-0.25, -0.2) is 9.97 Å². The van der Waals surface area contributed by atoms with Crippen molar-refractivity contribution in [2.24, 2.45) is 0 Å². The van der Waals surface area contributed by atoms with Crippen LogP contribution in [-0.2, 0) is 5.41 Å². The lowest BCUT2D eigenvalue weighted by Gasteiger charge is -2.51. The number of hydrogen-bond donors (Lipinski definition) is 0. The number of hydrogen-bond acceptors (Lipinski definition) is 4. The second-order valence-corrected chi connectivity index (χ2v) is 15.4. The van der Waals surface area contributed by atoms with Crippen molar-refractivity contribution < 1.29 is 4.48 Å². The van der Waals surface area contributed by atoms with E-state index in [-0.39, 0.29) is 17.8 Å². The Hall–Kier alpha value is -4.81. The molecule has 0 saturated heterocycles. The highest BCUT2D eigenvalue weighted by atomic mass is 32.1. The summed E-state index contributed by atoms with van der Waals surface area (Å²) in [7, 11) is 0. The van der Waals surface area contributed by atoms with Crippen molar-refractivity contribution in [2.75, 3.05) is 4.90 Å². The summed E-state index contributed by atoms with van der Waals surface area (Å²) in [4.78, 5) is 11.7. The molecule has 0 spiro atoms. The summed E-state index contributed by atoms with van der Waals surface area (Å²) in [5.41, 5.74) is 14.8. The molecule has 0 N–H and O–H groups in total. The second kappa shape index (κ2) is 8.96. The van der Waals surface area contributed by atoms with Gasteiger partial charge in [-0.15, -0.1) is 0 Å². The van der Waals surface area contributed by atoms with Crippen molar-refractivity contribution in [1.82, 2.24) is 9.97 Å². The van der Waals surface area contributed by atoms with Crippen LogP contribution in [-0.4, -0.2) is 22.4 Å². The Labute approximate surface area is 278 Å². The van der Waals surface area contributed by atoms with Crippen molar-refractivity contribution >= 4 is 61.5 Å². The average molecular weight is 624 g/mol. The fraction of sp³-hybridized carbons (Fsp3) is 0.195. The lowest BCUT2D eigenvalue weighted by atomic mass is 9.45. The van der Waals surface area contributed by atoms with Crippen LogP contribution in [0.2, 0.25) is 0 Å². The smallest absolute Gasteiger partial charge is 0.335 e. The monoisotopic (exact) mass is 623 g/mol. The minimum Gasteiger partial charge on any atom is -0.335 e. The van der Waals surface area contributed by atoms with Crippen LogP contribution in [0.4, 0.5) is 11.4 Å². The molecule has 0 amide bonds. The van der Waals surface area contributed by atoms with Gasteiger partial charge >= 0.3 is 6.85 Å². The molecule has 5 heterocycles. The van der Waals surface area contributed by atoms with Crippen molar-refractivity contribution in [3.63, 3.8) is 0 Å². The fourth-order valence-electron chi connectivity index (χ4n) is 9.85. The van der Waals surface area contributed by atoms with E-state index in [1.807, 2.05) is 23.7 Å². The van der Waals surface area contributed by atoms with Gasteiger partial charge in [-0.1, -0.05) is 85.7 Å². The third kappa shape index (κ3) is 3.17. The molecular weight excluding hydrogens is 591 g/mol. The highest BCUT2D eigenvalue weighted by molar-refractivity contribution is 7.21. The quantitative estimate of drug-likeness (QED) is 0.182. The first kappa shape index (κ1) is 26.3. The maximum atomic E-state index is 4.44. The van der Waals surface area contributed by atoms with Crippen molar-refractivity contribution in [3.05, 3.63) is 115 Å². The molecule has 11 rings (SSSR count). The molecule has 2 aromatic heterocycles. The zero-order valence-corrected chi connectivity index (χ0v) is 27.3. The molecule has 0 bridgehead atoms. The van der Waals surface area contributed by atoms with Crippen molar-refractivity contribution in [1.29, 1.82) is 0 Å². The summed E-state index contributed by atoms with van der Waals surface area (Å²) < 4.78 is 4.03. The van der Waals surface area contributed by atoms with Crippen LogP contribution in [0.5, 0.6) is 0 Å². The van der Waals surface area contributed by atoms with Gasteiger partial charge in [-0.05, 0) is 83.6 Å². The van der Waals surface area contributed by atoms with E-state index in [2.05, 4.69) is 124 Å². The van der Waals surface area contributed by atoms with E-state index in [0.29, 0.717) is 0 Å². The minimum absolute atomic E-state index is 0.0129.